The molecule has 0 unspecified atom stereocenters. The van der Waals surface area contributed by atoms with E-state index in [0.717, 1.165) is 12.1 Å². The molecule has 0 radical (unpaired) electrons. The van der Waals surface area contributed by atoms with E-state index in [1.54, 1.807) is 0 Å². The van der Waals surface area contributed by atoms with Gasteiger partial charge in [-0.3, -0.25) is 0 Å². The van der Waals surface area contributed by atoms with Crippen LogP contribution in [0, 0.1) is 0 Å². The van der Waals surface area contributed by atoms with E-state index in [9.17, 15) is 11.6 Å². The normalized spacial score (nSPS) is 18.1. The van der Waals surface area contributed by atoms with E-state index < -0.39 is 20.2 Å². The maximum absolute atomic E-state index is 12.5. The molecule has 0 atom stereocenters. The molecule has 0 bridgehead atoms. The average molecular weight is 316 g/mol. The van der Waals surface area contributed by atoms with E-state index in [1.807, 2.05) is 0 Å². The third kappa shape index (κ3) is 2.51. The fourth-order valence-electron chi connectivity index (χ4n) is 0.678. The Kier molecular flexibility index (Phi) is 1.76. The SMILES string of the molecule is F[Te](F)(F)(F)(Cl)c1ccccc1. The molecule has 0 aromatic heterocycles. The Bertz CT molecular complexity index is 289. The van der Waals surface area contributed by atoms with Crippen LogP contribution in [0.1, 0.15) is 0 Å². The van der Waals surface area contributed by atoms with Crippen molar-refractivity contribution in [3.8, 4) is 0 Å². The van der Waals surface area contributed by atoms with Crippen LogP contribution in [-0.2, 0) is 0 Å². The summed E-state index contributed by atoms with van der Waals surface area (Å²) in [5.74, 6) is 0. The zero-order valence-corrected chi connectivity index (χ0v) is 8.77. The van der Waals surface area contributed by atoms with Gasteiger partial charge in [0.25, 0.3) is 0 Å². The first-order valence-corrected chi connectivity index (χ1v) is 10.5. The molecule has 0 amide bonds. The van der Waals surface area contributed by atoms with Crippen molar-refractivity contribution in [2.24, 2.45) is 0 Å². The molecule has 1 rings (SSSR count). The topological polar surface area (TPSA) is 0 Å². The van der Waals surface area contributed by atoms with Crippen LogP contribution in [0.3, 0.4) is 0 Å². The summed E-state index contributed by atoms with van der Waals surface area (Å²) in [7, 11) is 4.09. The van der Waals surface area contributed by atoms with Crippen molar-refractivity contribution >= 4 is 29.2 Å². The van der Waals surface area contributed by atoms with Crippen molar-refractivity contribution in [3.63, 3.8) is 0 Å². The van der Waals surface area contributed by atoms with Crippen LogP contribution >= 0.6 is 8.96 Å². The molecule has 70 valence electrons. The standard InChI is InChI=1S/C6H5ClF4Te/c7-12(8,9,10,11)6-4-2-1-3-5-6/h1-5H. The van der Waals surface area contributed by atoms with E-state index >= 15 is 0 Å². The van der Waals surface area contributed by atoms with Crippen LogP contribution in [0.2, 0.25) is 0 Å². The molecule has 0 aliphatic carbocycles. The average Bonchev–Trinajstić information content (AvgIpc) is 1.85. The summed E-state index contributed by atoms with van der Waals surface area (Å²) < 4.78 is 48.5. The molecule has 0 saturated heterocycles. The maximum atomic E-state index is 12.5. The number of halogens is 5. The van der Waals surface area contributed by atoms with Gasteiger partial charge in [0.2, 0.25) is 0 Å². The van der Waals surface area contributed by atoms with Gasteiger partial charge in [-0.25, -0.2) is 0 Å². The fraction of sp³-hybridized carbons (Fsp3) is 0. The second-order valence-electron chi connectivity index (χ2n) is 2.28. The molecule has 12 heavy (non-hydrogen) atoms. The van der Waals surface area contributed by atoms with Crippen LogP contribution in [0.25, 0.3) is 0 Å². The fourth-order valence-corrected chi connectivity index (χ4v) is 3.28. The second-order valence-corrected chi connectivity index (χ2v) is 13.3. The van der Waals surface area contributed by atoms with E-state index in [-0.39, 0.29) is 0 Å². The van der Waals surface area contributed by atoms with E-state index in [0.29, 0.717) is 12.1 Å². The molecule has 1 aromatic rings. The first-order valence-electron chi connectivity index (χ1n) is 2.89. The minimum absolute atomic E-state index is 0.637. The van der Waals surface area contributed by atoms with Crippen molar-refractivity contribution in [3.05, 3.63) is 30.3 Å². The molecule has 0 aliphatic rings. The predicted molar refractivity (Wildman–Crippen MR) is 42.1 cm³/mol. The Morgan fingerprint density at radius 1 is 0.917 bits per heavy atom. The molecule has 0 saturated carbocycles. The number of benzene rings is 1. The zero-order chi connectivity index (χ0) is 9.52. The third-order valence-corrected chi connectivity index (χ3v) is 5.70. The van der Waals surface area contributed by atoms with Gasteiger partial charge in [-0.2, -0.15) is 0 Å². The van der Waals surface area contributed by atoms with E-state index in [2.05, 4.69) is 8.96 Å². The van der Waals surface area contributed by atoms with Crippen molar-refractivity contribution in [1.29, 1.82) is 0 Å². The van der Waals surface area contributed by atoms with Crippen LogP contribution in [0.5, 0.6) is 0 Å². The van der Waals surface area contributed by atoms with Gasteiger partial charge in [0.05, 0.1) is 0 Å². The molecule has 0 spiro atoms. The van der Waals surface area contributed by atoms with Gasteiger partial charge >= 0.3 is 71.1 Å². The Hall–Kier alpha value is 0.0196. The molecule has 6 heteroatoms. The van der Waals surface area contributed by atoms with E-state index in [1.165, 1.54) is 6.07 Å². The Morgan fingerprint density at radius 2 is 1.33 bits per heavy atom. The van der Waals surface area contributed by atoms with Gasteiger partial charge in [0.15, 0.2) is 0 Å². The molecule has 0 nitrogen and oxygen atoms in total. The van der Waals surface area contributed by atoms with Crippen molar-refractivity contribution in [1.82, 2.24) is 0 Å². The zero-order valence-electron chi connectivity index (χ0n) is 5.68. The summed E-state index contributed by atoms with van der Waals surface area (Å²) in [5.41, 5.74) is 0. The quantitative estimate of drug-likeness (QED) is 0.552. The summed E-state index contributed by atoms with van der Waals surface area (Å²) in [5, 5.41) is 0. The van der Waals surface area contributed by atoms with Crippen LogP contribution < -0.4 is 3.61 Å². The molecule has 0 fully saturated rings. The summed E-state index contributed by atoms with van der Waals surface area (Å²) >= 11 is -9.28. The van der Waals surface area contributed by atoms with Crippen molar-refractivity contribution < 1.29 is 11.6 Å². The summed E-state index contributed by atoms with van der Waals surface area (Å²) in [4.78, 5) is 0. The first kappa shape index (κ1) is 10.1. The van der Waals surface area contributed by atoms with Gasteiger partial charge in [0, 0.05) is 0 Å². The molecular formula is C6H5ClF4Te. The Labute approximate surface area is 71.1 Å². The van der Waals surface area contributed by atoms with Crippen LogP contribution in [0.4, 0.5) is 11.6 Å². The van der Waals surface area contributed by atoms with Gasteiger partial charge in [-0.05, 0) is 0 Å². The Morgan fingerprint density at radius 3 is 1.58 bits per heavy atom. The van der Waals surface area contributed by atoms with Gasteiger partial charge in [-0.1, -0.05) is 0 Å². The van der Waals surface area contributed by atoms with Crippen molar-refractivity contribution in [2.45, 2.75) is 0 Å². The second kappa shape index (κ2) is 2.09. The van der Waals surface area contributed by atoms with Crippen LogP contribution in [-0.4, -0.2) is 16.6 Å². The molecule has 0 aliphatic heterocycles. The molecule has 1 aromatic carbocycles. The van der Waals surface area contributed by atoms with Gasteiger partial charge in [0.1, 0.15) is 0 Å². The Balaban J connectivity index is 3.36. The van der Waals surface area contributed by atoms with Crippen molar-refractivity contribution in [2.75, 3.05) is 0 Å². The predicted octanol–water partition coefficient (Wildman–Crippen LogP) is 2.85. The summed E-state index contributed by atoms with van der Waals surface area (Å²) in [6.45, 7) is 0. The third-order valence-electron chi connectivity index (χ3n) is 1.19. The molecule has 0 heterocycles. The molecular weight excluding hydrogens is 311 g/mol. The summed E-state index contributed by atoms with van der Waals surface area (Å²) in [6, 6.07) is 4.83. The minimum atomic E-state index is -9.28. The molecule has 0 N–H and O–H groups in total. The van der Waals surface area contributed by atoms with Gasteiger partial charge in [-0.15, -0.1) is 0 Å². The monoisotopic (exact) mass is 318 g/mol. The first-order chi connectivity index (χ1) is 5.09. The van der Waals surface area contributed by atoms with Gasteiger partial charge < -0.3 is 0 Å². The number of hydrogen-bond donors (Lipinski definition) is 0. The van der Waals surface area contributed by atoms with E-state index in [4.69, 9.17) is 0 Å². The summed E-state index contributed by atoms with van der Waals surface area (Å²) in [6.07, 6.45) is 0. The number of hydrogen-bond acceptors (Lipinski definition) is 0. The number of rotatable bonds is 1. The van der Waals surface area contributed by atoms with Crippen LogP contribution in [0.15, 0.2) is 30.3 Å².